The largest absolute Gasteiger partial charge is 0.411 e. The first kappa shape index (κ1) is 21.3. The molecule has 0 amide bonds. The summed E-state index contributed by atoms with van der Waals surface area (Å²) in [6.07, 6.45) is 2.84. The maximum atomic E-state index is 13.0. The number of benzene rings is 1. The highest BCUT2D eigenvalue weighted by Crippen LogP contribution is 2.29. The minimum atomic E-state index is -3.54. The van der Waals surface area contributed by atoms with Crippen molar-refractivity contribution >= 4 is 33.1 Å². The molecule has 12 heteroatoms. The summed E-state index contributed by atoms with van der Waals surface area (Å²) in [6.45, 7) is 1.11. The van der Waals surface area contributed by atoms with Crippen LogP contribution in [0.3, 0.4) is 0 Å². The lowest BCUT2D eigenvalue weighted by molar-refractivity contribution is 0.346. The van der Waals surface area contributed by atoms with Crippen molar-refractivity contribution in [3.05, 3.63) is 47.7 Å². The smallest absolute Gasteiger partial charge is 0.277 e. The van der Waals surface area contributed by atoms with E-state index in [9.17, 15) is 8.42 Å². The number of hydrogen-bond acceptors (Lipinski definition) is 10. The molecular weight excluding hydrogens is 470 g/mol. The summed E-state index contributed by atoms with van der Waals surface area (Å²) in [5.41, 5.74) is 0.556. The highest BCUT2D eigenvalue weighted by molar-refractivity contribution is 7.98. The lowest BCUT2D eigenvalue weighted by Crippen LogP contribution is -2.35. The number of thioether (sulfide) groups is 1. The molecule has 1 saturated heterocycles. The van der Waals surface area contributed by atoms with Gasteiger partial charge in [-0.05, 0) is 42.5 Å². The molecule has 0 unspecified atom stereocenters. The number of rotatable bonds is 7. The molecule has 32 heavy (non-hydrogen) atoms. The first-order valence-corrected chi connectivity index (χ1v) is 13.3. The molecule has 0 N–H and O–H groups in total. The Bertz CT molecular complexity index is 1290. The van der Waals surface area contributed by atoms with E-state index in [4.69, 9.17) is 8.94 Å². The average Bonchev–Trinajstić information content (AvgIpc) is 3.60. The molecule has 0 bridgehead atoms. The number of aromatic nitrogens is 4. The predicted molar refractivity (Wildman–Crippen MR) is 120 cm³/mol. The Morgan fingerprint density at radius 2 is 1.97 bits per heavy atom. The van der Waals surface area contributed by atoms with Gasteiger partial charge in [0.15, 0.2) is 0 Å². The van der Waals surface area contributed by atoms with Crippen molar-refractivity contribution in [3.8, 4) is 22.2 Å². The minimum absolute atomic E-state index is 0.233. The van der Waals surface area contributed by atoms with Crippen LogP contribution in [0.5, 0.6) is 0 Å². The Balaban J connectivity index is 1.28. The molecule has 0 atom stereocenters. The van der Waals surface area contributed by atoms with E-state index in [2.05, 4.69) is 20.3 Å². The van der Waals surface area contributed by atoms with Gasteiger partial charge in [-0.2, -0.15) is 9.29 Å². The zero-order chi connectivity index (χ0) is 22.0. The van der Waals surface area contributed by atoms with Gasteiger partial charge in [0.1, 0.15) is 0 Å². The zero-order valence-electron chi connectivity index (χ0n) is 16.9. The maximum absolute atomic E-state index is 13.0. The molecule has 9 nitrogen and oxygen atoms in total. The van der Waals surface area contributed by atoms with Gasteiger partial charge in [0.05, 0.1) is 15.5 Å². The molecule has 1 aromatic carbocycles. The molecule has 3 aromatic heterocycles. The topological polar surface area (TPSA) is 115 Å². The normalized spacial score (nSPS) is 15.2. The van der Waals surface area contributed by atoms with Crippen LogP contribution in [0.2, 0.25) is 0 Å². The molecule has 1 fully saturated rings. The van der Waals surface area contributed by atoms with Crippen molar-refractivity contribution in [3.63, 3.8) is 0 Å². The van der Waals surface area contributed by atoms with E-state index in [1.54, 1.807) is 28.6 Å². The Morgan fingerprint density at radius 1 is 1.09 bits per heavy atom. The third-order valence-electron chi connectivity index (χ3n) is 4.97. The van der Waals surface area contributed by atoms with Gasteiger partial charge in [0.25, 0.3) is 5.22 Å². The highest BCUT2D eigenvalue weighted by Gasteiger charge is 2.26. The summed E-state index contributed by atoms with van der Waals surface area (Å²) in [6, 6.07) is 10.5. The molecule has 0 spiro atoms. The number of hydrogen-bond donors (Lipinski definition) is 0. The van der Waals surface area contributed by atoms with Crippen LogP contribution in [0.1, 0.15) is 25.2 Å². The van der Waals surface area contributed by atoms with Gasteiger partial charge >= 0.3 is 0 Å². The summed E-state index contributed by atoms with van der Waals surface area (Å²) in [4.78, 5) is 5.53. The van der Waals surface area contributed by atoms with Crippen LogP contribution in [0.25, 0.3) is 22.2 Å². The Kier molecular flexibility index (Phi) is 6.09. The molecule has 0 radical (unpaired) electrons. The van der Waals surface area contributed by atoms with Gasteiger partial charge in [0.2, 0.25) is 27.6 Å². The monoisotopic (exact) mass is 489 g/mol. The predicted octanol–water partition coefficient (Wildman–Crippen LogP) is 4.32. The maximum Gasteiger partial charge on any atom is 0.277 e. The molecule has 166 valence electrons. The van der Waals surface area contributed by atoms with Gasteiger partial charge in [-0.25, -0.2) is 8.42 Å². The third-order valence-corrected chi connectivity index (χ3v) is 8.53. The number of thiophene rings is 1. The molecule has 1 aliphatic heterocycles. The second-order valence-corrected chi connectivity index (χ2v) is 11.0. The quantitative estimate of drug-likeness (QED) is 0.350. The third kappa shape index (κ3) is 4.49. The summed E-state index contributed by atoms with van der Waals surface area (Å²) in [7, 11) is -3.54. The zero-order valence-corrected chi connectivity index (χ0v) is 19.3. The Morgan fingerprint density at radius 3 is 2.78 bits per heavy atom. The fourth-order valence-corrected chi connectivity index (χ4v) is 6.18. The van der Waals surface area contributed by atoms with Crippen LogP contribution in [-0.4, -0.2) is 46.2 Å². The molecule has 5 rings (SSSR count). The standard InChI is InChI=1S/C20H19N5O4S3/c26-32(27,25-9-2-1-3-10-25)15-7-4-6-14(12-15)19-22-23-20(28-19)31-13-17-21-18(24-29-17)16-8-5-11-30-16/h4-8,11-12H,1-3,9-10,13H2. The van der Waals surface area contributed by atoms with E-state index in [1.165, 1.54) is 23.1 Å². The second-order valence-electron chi connectivity index (χ2n) is 7.14. The second kappa shape index (κ2) is 9.14. The van der Waals surface area contributed by atoms with Crippen molar-refractivity contribution in [2.75, 3.05) is 13.1 Å². The SMILES string of the molecule is O=S(=O)(c1cccc(-c2nnc(SCc3nc(-c4cccs4)no3)o2)c1)N1CCCCC1. The molecule has 0 aliphatic carbocycles. The van der Waals surface area contributed by atoms with Gasteiger partial charge in [-0.15, -0.1) is 21.5 Å². The van der Waals surface area contributed by atoms with Crippen molar-refractivity contribution in [2.24, 2.45) is 0 Å². The van der Waals surface area contributed by atoms with Gasteiger partial charge < -0.3 is 8.94 Å². The lowest BCUT2D eigenvalue weighted by atomic mass is 10.2. The van der Waals surface area contributed by atoms with Crippen LogP contribution in [0.4, 0.5) is 0 Å². The minimum Gasteiger partial charge on any atom is -0.411 e. The van der Waals surface area contributed by atoms with E-state index in [0.29, 0.717) is 41.3 Å². The summed E-state index contributed by atoms with van der Waals surface area (Å²) in [5, 5.41) is 14.4. The molecule has 1 aliphatic rings. The van der Waals surface area contributed by atoms with Crippen molar-refractivity contribution in [1.82, 2.24) is 24.6 Å². The average molecular weight is 490 g/mol. The Labute approximate surface area is 192 Å². The lowest BCUT2D eigenvalue weighted by Gasteiger charge is -2.25. The molecule has 0 saturated carbocycles. The summed E-state index contributed by atoms with van der Waals surface area (Å²) < 4.78 is 38.5. The number of nitrogens with zero attached hydrogens (tertiary/aromatic N) is 5. The van der Waals surface area contributed by atoms with Gasteiger partial charge in [0, 0.05) is 18.7 Å². The fourth-order valence-electron chi connectivity index (χ4n) is 3.37. The first-order valence-electron chi connectivity index (χ1n) is 10.0. The van der Waals surface area contributed by atoms with E-state index in [1.807, 2.05) is 17.5 Å². The van der Waals surface area contributed by atoms with Gasteiger partial charge in [-0.1, -0.05) is 35.5 Å². The molecular formula is C20H19N5O4S3. The van der Waals surface area contributed by atoms with Crippen molar-refractivity contribution in [1.29, 1.82) is 0 Å². The summed E-state index contributed by atoms with van der Waals surface area (Å²) >= 11 is 2.81. The highest BCUT2D eigenvalue weighted by atomic mass is 32.2. The van der Waals surface area contributed by atoms with E-state index in [0.717, 1.165) is 24.1 Å². The van der Waals surface area contributed by atoms with E-state index < -0.39 is 10.0 Å². The first-order chi connectivity index (χ1) is 15.6. The molecule has 4 heterocycles. The van der Waals surface area contributed by atoms with Gasteiger partial charge in [-0.3, -0.25) is 0 Å². The van der Waals surface area contributed by atoms with Crippen LogP contribution in [0, 0.1) is 0 Å². The van der Waals surface area contributed by atoms with E-state index in [-0.39, 0.29) is 10.8 Å². The fraction of sp³-hybridized carbons (Fsp3) is 0.300. The van der Waals surface area contributed by atoms with Crippen LogP contribution in [-0.2, 0) is 15.8 Å². The number of piperidine rings is 1. The van der Waals surface area contributed by atoms with E-state index >= 15 is 0 Å². The molecule has 4 aromatic rings. The number of sulfonamides is 1. The van der Waals surface area contributed by atoms with Crippen molar-refractivity contribution < 1.29 is 17.4 Å². The van der Waals surface area contributed by atoms with Crippen LogP contribution in [0.15, 0.2) is 60.8 Å². The van der Waals surface area contributed by atoms with Crippen LogP contribution >= 0.6 is 23.1 Å². The Hall–Kier alpha value is -2.54. The van der Waals surface area contributed by atoms with Crippen LogP contribution < -0.4 is 0 Å². The van der Waals surface area contributed by atoms with Crippen molar-refractivity contribution in [2.45, 2.75) is 35.1 Å². The summed E-state index contributed by atoms with van der Waals surface area (Å²) in [5.74, 6) is 1.64.